The summed E-state index contributed by atoms with van der Waals surface area (Å²) < 4.78 is 7.88. The van der Waals surface area contributed by atoms with E-state index in [9.17, 15) is 14.9 Å². The number of fused-ring (bicyclic) bond motifs is 2. The molecule has 6 heterocycles. The van der Waals surface area contributed by atoms with Crippen molar-refractivity contribution < 1.29 is 9.53 Å². The number of amides is 1. The predicted molar refractivity (Wildman–Crippen MR) is 249 cm³/mol. The molecule has 9 rings (SSSR count). The summed E-state index contributed by atoms with van der Waals surface area (Å²) in [5.41, 5.74) is 6.79. The Kier molecular flexibility index (Phi) is 12.3. The minimum atomic E-state index is -0.211. The first kappa shape index (κ1) is 42.9. The van der Waals surface area contributed by atoms with Crippen LogP contribution in [0.5, 0.6) is 5.75 Å². The number of hydrogen-bond donors (Lipinski definition) is 1. The lowest BCUT2D eigenvalue weighted by Crippen LogP contribution is -2.49. The summed E-state index contributed by atoms with van der Waals surface area (Å²) in [5.74, 6) is 1.82. The van der Waals surface area contributed by atoms with Crippen molar-refractivity contribution in [2.45, 2.75) is 57.6 Å². The monoisotopic (exact) mass is 880 g/mol. The van der Waals surface area contributed by atoms with E-state index in [2.05, 4.69) is 69.3 Å². The maximum absolute atomic E-state index is 13.2. The molecule has 3 fully saturated rings. The van der Waals surface area contributed by atoms with Crippen molar-refractivity contribution >= 4 is 57.0 Å². The Morgan fingerprint density at radius 1 is 0.828 bits per heavy atom. The predicted octanol–water partition coefficient (Wildman–Crippen LogP) is 6.18. The van der Waals surface area contributed by atoms with Gasteiger partial charge in [-0.05, 0) is 93.8 Å². The van der Waals surface area contributed by atoms with E-state index in [-0.39, 0.29) is 23.6 Å². The average Bonchev–Trinajstić information content (AvgIpc) is 3.32. The standard InChI is InChI=1S/C48H53ClN12O3/c1-31-22-39-42(57(3)48(31)63)24-36(25-43(39)61-21-16-56(2)44-23-35(28-51)52-29-45(44)61)59-19-17-58(18-20-59)30-32-12-14-60(15-13-32)46-11-10-41(54-55-46)47(62)53-34-5-8-37(9-6-34)64-38-7-4-33(27-50)40(49)26-38/h4,7,10-11,22-26,29,32,34,37H,5-6,8-9,12-21,30H2,1-3H3,(H,53,62). The first-order valence-corrected chi connectivity index (χ1v) is 22.7. The van der Waals surface area contributed by atoms with E-state index in [0.29, 0.717) is 39.2 Å². The van der Waals surface area contributed by atoms with Gasteiger partial charge in [0.2, 0.25) is 0 Å². The highest BCUT2D eigenvalue weighted by Gasteiger charge is 2.29. The maximum atomic E-state index is 13.2. The Bertz CT molecular complexity index is 2690. The lowest BCUT2D eigenvalue weighted by atomic mass is 9.93. The van der Waals surface area contributed by atoms with Gasteiger partial charge in [-0.1, -0.05) is 11.6 Å². The third kappa shape index (κ3) is 8.88. The van der Waals surface area contributed by atoms with Gasteiger partial charge in [-0.25, -0.2) is 4.98 Å². The second-order valence-electron chi connectivity index (χ2n) is 17.6. The molecular formula is C48H53ClN12O3. The van der Waals surface area contributed by atoms with Gasteiger partial charge in [-0.3, -0.25) is 14.5 Å². The number of carbonyl (C=O) groups is 1. The molecule has 0 radical (unpaired) electrons. The number of ether oxygens (including phenoxy) is 1. The lowest BCUT2D eigenvalue weighted by Gasteiger charge is -2.40. The molecule has 3 aliphatic heterocycles. The number of carbonyl (C=O) groups excluding carboxylic acids is 1. The molecule has 0 atom stereocenters. The van der Waals surface area contributed by atoms with Crippen molar-refractivity contribution in [2.24, 2.45) is 13.0 Å². The van der Waals surface area contributed by atoms with Crippen molar-refractivity contribution in [3.63, 3.8) is 0 Å². The summed E-state index contributed by atoms with van der Waals surface area (Å²) in [5, 5.41) is 32.0. The van der Waals surface area contributed by atoms with Gasteiger partial charge >= 0.3 is 0 Å². The van der Waals surface area contributed by atoms with E-state index >= 15 is 0 Å². The van der Waals surface area contributed by atoms with E-state index in [0.717, 1.165) is 137 Å². The van der Waals surface area contributed by atoms with Crippen LogP contribution in [0.1, 0.15) is 65.8 Å². The highest BCUT2D eigenvalue weighted by molar-refractivity contribution is 6.31. The van der Waals surface area contributed by atoms with Crippen LogP contribution in [0, 0.1) is 35.5 Å². The van der Waals surface area contributed by atoms with Crippen LogP contribution < -0.4 is 35.2 Å². The average molecular weight is 881 g/mol. The number of halogens is 1. The third-order valence-electron chi connectivity index (χ3n) is 13.6. The first-order chi connectivity index (χ1) is 31.0. The number of hydrogen-bond acceptors (Lipinski definition) is 13. The molecule has 0 bridgehead atoms. The van der Waals surface area contributed by atoms with E-state index in [1.54, 1.807) is 35.0 Å². The maximum Gasteiger partial charge on any atom is 0.272 e. The smallest absolute Gasteiger partial charge is 0.272 e. The zero-order chi connectivity index (χ0) is 44.5. The van der Waals surface area contributed by atoms with Crippen molar-refractivity contribution in [2.75, 3.05) is 85.6 Å². The minimum Gasteiger partial charge on any atom is -0.490 e. The van der Waals surface area contributed by atoms with Crippen LogP contribution in [0.15, 0.2) is 65.6 Å². The van der Waals surface area contributed by atoms with Gasteiger partial charge in [-0.2, -0.15) is 10.5 Å². The number of anilines is 5. The highest BCUT2D eigenvalue weighted by atomic mass is 35.5. The lowest BCUT2D eigenvalue weighted by molar-refractivity contribution is 0.0888. The Hall–Kier alpha value is -6.42. The van der Waals surface area contributed by atoms with E-state index in [1.165, 1.54) is 0 Å². The molecule has 0 unspecified atom stereocenters. The number of likely N-dealkylation sites (N-methyl/N-ethyl adjacent to an activating group) is 1. The highest BCUT2D eigenvalue weighted by Crippen LogP contribution is 2.42. The molecule has 1 aliphatic carbocycles. The number of nitrogens with one attached hydrogen (secondary N) is 1. The minimum absolute atomic E-state index is 0.00332. The fraction of sp³-hybridized carbons (Fsp3) is 0.438. The van der Waals surface area contributed by atoms with Gasteiger partial charge in [-0.15, -0.1) is 10.2 Å². The Labute approximate surface area is 378 Å². The number of piperazine rings is 1. The second kappa shape index (κ2) is 18.4. The number of nitriles is 2. The molecule has 0 spiro atoms. The summed E-state index contributed by atoms with van der Waals surface area (Å²) in [6.45, 7) is 9.93. The van der Waals surface area contributed by atoms with Crippen LogP contribution in [0.4, 0.5) is 28.6 Å². The molecule has 2 saturated heterocycles. The summed E-state index contributed by atoms with van der Waals surface area (Å²) >= 11 is 6.17. The van der Waals surface area contributed by atoms with Crippen molar-refractivity contribution in [1.82, 2.24) is 30.0 Å². The molecule has 15 nitrogen and oxygen atoms in total. The largest absolute Gasteiger partial charge is 0.490 e. The van der Waals surface area contributed by atoms with E-state index in [1.807, 2.05) is 39.2 Å². The molecule has 1 N–H and O–H groups in total. The summed E-state index contributed by atoms with van der Waals surface area (Å²) in [4.78, 5) is 42.5. The third-order valence-corrected chi connectivity index (χ3v) is 13.9. The normalized spacial score (nSPS) is 19.5. The number of aromatic nitrogens is 4. The van der Waals surface area contributed by atoms with E-state index in [4.69, 9.17) is 21.6 Å². The Balaban J connectivity index is 0.767. The number of rotatable bonds is 9. The van der Waals surface area contributed by atoms with Crippen LogP contribution in [0.25, 0.3) is 10.9 Å². The zero-order valence-electron chi connectivity index (χ0n) is 36.6. The van der Waals surface area contributed by atoms with E-state index < -0.39 is 0 Å². The second-order valence-corrected chi connectivity index (χ2v) is 18.1. The number of pyridine rings is 2. The van der Waals surface area contributed by atoms with Gasteiger partial charge in [0.1, 0.15) is 23.6 Å². The molecule has 64 heavy (non-hydrogen) atoms. The van der Waals surface area contributed by atoms with Crippen LogP contribution in [-0.2, 0) is 7.05 Å². The Morgan fingerprint density at radius 2 is 1.61 bits per heavy atom. The van der Waals surface area contributed by atoms with Crippen LogP contribution in [0.3, 0.4) is 0 Å². The van der Waals surface area contributed by atoms with Crippen LogP contribution in [0.2, 0.25) is 5.02 Å². The SMILES string of the molecule is Cc1cc2c(N3CCN(C)c4cc(C#N)ncc43)cc(N3CCN(CC4CCN(c5ccc(C(=O)NC6CCC(Oc7ccc(C#N)c(Cl)c7)CC6)nn5)CC4)CC3)cc2n(C)c1=O. The zero-order valence-corrected chi connectivity index (χ0v) is 37.4. The molecule has 5 aromatic rings. The molecule has 1 amide bonds. The molecule has 330 valence electrons. The fourth-order valence-electron chi connectivity index (χ4n) is 9.80. The molecule has 4 aliphatic rings. The summed E-state index contributed by atoms with van der Waals surface area (Å²) in [7, 11) is 3.90. The number of piperidine rings is 1. The molecule has 2 aromatic carbocycles. The van der Waals surface area contributed by atoms with Gasteiger partial charge in [0.25, 0.3) is 11.5 Å². The molecule has 3 aromatic heterocycles. The van der Waals surface area contributed by atoms with Crippen LogP contribution in [-0.4, -0.2) is 109 Å². The molecular weight excluding hydrogens is 828 g/mol. The first-order valence-electron chi connectivity index (χ1n) is 22.3. The quantitative estimate of drug-likeness (QED) is 0.179. The number of aryl methyl sites for hydroxylation is 2. The van der Waals surface area contributed by atoms with Crippen molar-refractivity contribution in [3.05, 3.63) is 98.7 Å². The van der Waals surface area contributed by atoms with Gasteiger partial charge in [0.05, 0.1) is 45.5 Å². The Morgan fingerprint density at radius 3 is 2.31 bits per heavy atom. The van der Waals surface area contributed by atoms with Gasteiger partial charge in [0.15, 0.2) is 11.5 Å². The van der Waals surface area contributed by atoms with Crippen LogP contribution >= 0.6 is 11.6 Å². The van der Waals surface area contributed by atoms with Gasteiger partial charge < -0.3 is 34.2 Å². The van der Waals surface area contributed by atoms with Gasteiger partial charge in [0, 0.05) is 108 Å². The van der Waals surface area contributed by atoms with Crippen molar-refractivity contribution in [1.29, 1.82) is 10.5 Å². The number of nitrogens with zero attached hydrogens (tertiary/aromatic N) is 11. The summed E-state index contributed by atoms with van der Waals surface area (Å²) in [6, 6.07) is 21.4. The molecule has 16 heteroatoms. The number of benzene rings is 2. The molecule has 1 saturated carbocycles. The van der Waals surface area contributed by atoms with Crippen molar-refractivity contribution in [3.8, 4) is 17.9 Å². The fourth-order valence-corrected chi connectivity index (χ4v) is 10.0. The topological polar surface area (TPSA) is 163 Å². The summed E-state index contributed by atoms with van der Waals surface area (Å²) in [6.07, 6.45) is 7.14.